The van der Waals surface area contributed by atoms with Crippen molar-refractivity contribution < 1.29 is 9.15 Å². The standard InChI is InChI=1S/C22H27N3O2/c1-15-20(14-25-11-5-6-16(12-23)13-25)24-22(27-15)19-9-10-21(26-2)18-8-4-3-7-17(18)19/h3-4,7-10,16H,5-6,11-14,23H2,1-2H3/t16-/m1/s1. The average molecular weight is 365 g/mol. The molecule has 0 unspecified atom stereocenters. The first-order valence-electron chi connectivity index (χ1n) is 9.64. The van der Waals surface area contributed by atoms with Gasteiger partial charge in [-0.3, -0.25) is 4.90 Å². The number of aromatic nitrogens is 1. The Balaban J connectivity index is 1.65. The minimum atomic E-state index is 0.593. The number of oxazole rings is 1. The van der Waals surface area contributed by atoms with Crippen molar-refractivity contribution in [3.8, 4) is 17.2 Å². The lowest BCUT2D eigenvalue weighted by molar-refractivity contribution is 0.169. The van der Waals surface area contributed by atoms with Crippen LogP contribution >= 0.6 is 0 Å². The Bertz CT molecular complexity index is 934. The van der Waals surface area contributed by atoms with Crippen molar-refractivity contribution in [3.05, 3.63) is 47.9 Å². The number of fused-ring (bicyclic) bond motifs is 1. The fourth-order valence-corrected chi connectivity index (χ4v) is 4.02. The van der Waals surface area contributed by atoms with E-state index in [2.05, 4.69) is 17.0 Å². The van der Waals surface area contributed by atoms with Crippen LogP contribution < -0.4 is 10.5 Å². The summed E-state index contributed by atoms with van der Waals surface area (Å²) in [5.74, 6) is 3.02. The van der Waals surface area contributed by atoms with Crippen LogP contribution in [0.15, 0.2) is 40.8 Å². The molecule has 0 bridgehead atoms. The first-order valence-corrected chi connectivity index (χ1v) is 9.64. The number of aryl methyl sites for hydroxylation is 1. The molecule has 0 saturated carbocycles. The summed E-state index contributed by atoms with van der Waals surface area (Å²) in [5.41, 5.74) is 7.89. The van der Waals surface area contributed by atoms with Crippen molar-refractivity contribution in [1.82, 2.24) is 9.88 Å². The zero-order chi connectivity index (χ0) is 18.8. The summed E-state index contributed by atoms with van der Waals surface area (Å²) in [6, 6.07) is 12.2. The second-order valence-electron chi connectivity index (χ2n) is 7.36. The third kappa shape index (κ3) is 3.57. The number of ether oxygens (including phenoxy) is 1. The maximum Gasteiger partial charge on any atom is 0.227 e. The number of benzene rings is 2. The fourth-order valence-electron chi connectivity index (χ4n) is 4.02. The minimum Gasteiger partial charge on any atom is -0.496 e. The summed E-state index contributed by atoms with van der Waals surface area (Å²) in [4.78, 5) is 7.30. The zero-order valence-corrected chi connectivity index (χ0v) is 16.1. The summed E-state index contributed by atoms with van der Waals surface area (Å²) in [6.07, 6.45) is 2.43. The minimum absolute atomic E-state index is 0.593. The molecule has 1 aliphatic rings. The highest BCUT2D eigenvalue weighted by molar-refractivity contribution is 5.98. The highest BCUT2D eigenvalue weighted by Gasteiger charge is 2.22. The molecular weight excluding hydrogens is 338 g/mol. The SMILES string of the molecule is COc1ccc(-c2nc(CN3CCC[C@H](CN)C3)c(C)o2)c2ccccc12. The van der Waals surface area contributed by atoms with Crippen LogP contribution in [0, 0.1) is 12.8 Å². The Morgan fingerprint density at radius 2 is 2.04 bits per heavy atom. The molecule has 0 spiro atoms. The first kappa shape index (κ1) is 18.0. The van der Waals surface area contributed by atoms with E-state index in [0.717, 1.165) is 59.7 Å². The van der Waals surface area contributed by atoms with Crippen LogP contribution in [0.5, 0.6) is 5.75 Å². The maximum absolute atomic E-state index is 6.07. The predicted octanol–water partition coefficient (Wildman–Crippen LogP) is 3.98. The van der Waals surface area contributed by atoms with Crippen LogP contribution in [0.3, 0.4) is 0 Å². The van der Waals surface area contributed by atoms with Crippen LogP contribution in [0.1, 0.15) is 24.3 Å². The van der Waals surface area contributed by atoms with Gasteiger partial charge in [0, 0.05) is 24.0 Å². The molecule has 3 aromatic rings. The second kappa shape index (κ2) is 7.71. The van der Waals surface area contributed by atoms with Gasteiger partial charge in [0.25, 0.3) is 0 Å². The van der Waals surface area contributed by atoms with Crippen molar-refractivity contribution >= 4 is 10.8 Å². The van der Waals surface area contributed by atoms with E-state index in [1.54, 1.807) is 7.11 Å². The Kier molecular flexibility index (Phi) is 5.14. The Labute approximate surface area is 160 Å². The van der Waals surface area contributed by atoms with Crippen LogP contribution in [0.2, 0.25) is 0 Å². The van der Waals surface area contributed by atoms with E-state index in [4.69, 9.17) is 19.9 Å². The van der Waals surface area contributed by atoms with E-state index >= 15 is 0 Å². The fraction of sp³-hybridized carbons (Fsp3) is 0.409. The van der Waals surface area contributed by atoms with Gasteiger partial charge < -0.3 is 14.9 Å². The molecule has 5 heteroatoms. The molecule has 1 fully saturated rings. The van der Waals surface area contributed by atoms with Crippen LogP contribution in [-0.4, -0.2) is 36.6 Å². The molecule has 2 aromatic carbocycles. The Hall–Kier alpha value is -2.37. The van der Waals surface area contributed by atoms with Gasteiger partial charge in [-0.25, -0.2) is 4.98 Å². The molecule has 5 nitrogen and oxygen atoms in total. The van der Waals surface area contributed by atoms with Crippen molar-refractivity contribution in [3.63, 3.8) is 0 Å². The number of hydrogen-bond acceptors (Lipinski definition) is 5. The van der Waals surface area contributed by atoms with Gasteiger partial charge in [0.05, 0.1) is 12.8 Å². The molecule has 142 valence electrons. The summed E-state index contributed by atoms with van der Waals surface area (Å²) >= 11 is 0. The quantitative estimate of drug-likeness (QED) is 0.741. The second-order valence-corrected chi connectivity index (χ2v) is 7.36. The first-order chi connectivity index (χ1) is 13.2. The zero-order valence-electron chi connectivity index (χ0n) is 16.1. The summed E-state index contributed by atoms with van der Waals surface area (Å²) in [5, 5.41) is 2.16. The molecular formula is C22H27N3O2. The number of hydrogen-bond donors (Lipinski definition) is 1. The monoisotopic (exact) mass is 365 g/mol. The number of nitrogens with zero attached hydrogens (tertiary/aromatic N) is 2. The van der Waals surface area contributed by atoms with E-state index in [0.29, 0.717) is 11.8 Å². The molecule has 1 saturated heterocycles. The van der Waals surface area contributed by atoms with Gasteiger partial charge >= 0.3 is 0 Å². The van der Waals surface area contributed by atoms with Crippen molar-refractivity contribution in [1.29, 1.82) is 0 Å². The highest BCUT2D eigenvalue weighted by Crippen LogP contribution is 2.35. The molecule has 2 heterocycles. The lowest BCUT2D eigenvalue weighted by Crippen LogP contribution is -2.38. The van der Waals surface area contributed by atoms with Crippen LogP contribution in [0.4, 0.5) is 0 Å². The van der Waals surface area contributed by atoms with E-state index in [-0.39, 0.29) is 0 Å². The number of methoxy groups -OCH3 is 1. The Morgan fingerprint density at radius 1 is 1.22 bits per heavy atom. The van der Waals surface area contributed by atoms with E-state index in [1.807, 2.05) is 31.2 Å². The molecule has 2 N–H and O–H groups in total. The Morgan fingerprint density at radius 3 is 2.81 bits per heavy atom. The summed E-state index contributed by atoms with van der Waals surface area (Å²) < 4.78 is 11.6. The van der Waals surface area contributed by atoms with Gasteiger partial charge in [-0.15, -0.1) is 0 Å². The maximum atomic E-state index is 6.07. The number of piperidine rings is 1. The van der Waals surface area contributed by atoms with Crippen LogP contribution in [-0.2, 0) is 6.54 Å². The van der Waals surface area contributed by atoms with E-state index in [1.165, 1.54) is 12.8 Å². The largest absolute Gasteiger partial charge is 0.496 e. The molecule has 0 aliphatic carbocycles. The van der Waals surface area contributed by atoms with Gasteiger partial charge in [-0.2, -0.15) is 0 Å². The average Bonchev–Trinajstić information content (AvgIpc) is 3.07. The highest BCUT2D eigenvalue weighted by atomic mass is 16.5. The van der Waals surface area contributed by atoms with Gasteiger partial charge in [-0.05, 0) is 56.3 Å². The van der Waals surface area contributed by atoms with Crippen molar-refractivity contribution in [2.75, 3.05) is 26.7 Å². The molecule has 0 radical (unpaired) electrons. The van der Waals surface area contributed by atoms with Gasteiger partial charge in [0.1, 0.15) is 11.5 Å². The normalized spacial score (nSPS) is 18.1. The molecule has 4 rings (SSSR count). The van der Waals surface area contributed by atoms with E-state index in [9.17, 15) is 0 Å². The van der Waals surface area contributed by atoms with Gasteiger partial charge in [0.15, 0.2) is 0 Å². The molecule has 1 aromatic heterocycles. The third-order valence-corrected chi connectivity index (χ3v) is 5.54. The van der Waals surface area contributed by atoms with Gasteiger partial charge in [0.2, 0.25) is 5.89 Å². The molecule has 0 amide bonds. The van der Waals surface area contributed by atoms with E-state index < -0.39 is 0 Å². The number of nitrogens with two attached hydrogens (primary N) is 1. The molecule has 1 atom stereocenters. The smallest absolute Gasteiger partial charge is 0.227 e. The number of rotatable bonds is 5. The summed E-state index contributed by atoms with van der Waals surface area (Å²) in [7, 11) is 1.70. The lowest BCUT2D eigenvalue weighted by Gasteiger charge is -2.31. The van der Waals surface area contributed by atoms with Crippen molar-refractivity contribution in [2.24, 2.45) is 11.7 Å². The topological polar surface area (TPSA) is 64.5 Å². The lowest BCUT2D eigenvalue weighted by atomic mass is 9.98. The van der Waals surface area contributed by atoms with Crippen molar-refractivity contribution in [2.45, 2.75) is 26.3 Å². The van der Waals surface area contributed by atoms with Gasteiger partial charge in [-0.1, -0.05) is 24.3 Å². The van der Waals surface area contributed by atoms with Crippen LogP contribution in [0.25, 0.3) is 22.2 Å². The molecule has 27 heavy (non-hydrogen) atoms. The molecule has 1 aliphatic heterocycles. The number of likely N-dealkylation sites (tertiary alicyclic amines) is 1. The summed E-state index contributed by atoms with van der Waals surface area (Å²) in [6.45, 7) is 5.73. The third-order valence-electron chi connectivity index (χ3n) is 5.54. The predicted molar refractivity (Wildman–Crippen MR) is 108 cm³/mol.